The van der Waals surface area contributed by atoms with Crippen LogP contribution in [0.1, 0.15) is 35.2 Å². The van der Waals surface area contributed by atoms with E-state index in [0.29, 0.717) is 32.7 Å². The monoisotopic (exact) mass is 318 g/mol. The molecule has 5 heteroatoms. The lowest BCUT2D eigenvalue weighted by Crippen LogP contribution is -2.41. The van der Waals surface area contributed by atoms with Crippen molar-refractivity contribution in [3.63, 3.8) is 0 Å². The number of benzene rings is 1. The Labute approximate surface area is 137 Å². The fraction of sp³-hybridized carbons (Fsp3) is 0.611. The molecule has 2 aliphatic rings. The molecule has 1 atom stereocenters. The molecule has 0 bridgehead atoms. The molecule has 0 radical (unpaired) electrons. The maximum Gasteiger partial charge on any atom is 0.253 e. The fourth-order valence-electron chi connectivity index (χ4n) is 3.63. The Morgan fingerprint density at radius 2 is 2.17 bits per heavy atom. The summed E-state index contributed by atoms with van der Waals surface area (Å²) in [6, 6.07) is 5.71. The minimum atomic E-state index is -0.690. The van der Waals surface area contributed by atoms with Crippen LogP contribution in [0, 0.1) is 0 Å². The number of hydrogen-bond donors (Lipinski definition) is 1. The van der Waals surface area contributed by atoms with Gasteiger partial charge < -0.3 is 19.6 Å². The molecule has 0 saturated carbocycles. The molecule has 3 rings (SSSR count). The highest BCUT2D eigenvalue weighted by molar-refractivity contribution is 5.94. The molecule has 1 aromatic carbocycles. The third-order valence-electron chi connectivity index (χ3n) is 4.75. The highest BCUT2D eigenvalue weighted by Crippen LogP contribution is 2.28. The number of amides is 1. The van der Waals surface area contributed by atoms with Crippen LogP contribution in [0.5, 0.6) is 5.75 Å². The fourth-order valence-corrected chi connectivity index (χ4v) is 3.63. The van der Waals surface area contributed by atoms with Crippen LogP contribution in [-0.4, -0.2) is 66.8 Å². The quantitative estimate of drug-likeness (QED) is 0.918. The molecule has 0 aliphatic carbocycles. The second kappa shape index (κ2) is 6.49. The number of likely N-dealkylation sites (tertiary alicyclic amines) is 1. The number of fused-ring (bicyclic) bond motifs is 1. The van der Waals surface area contributed by atoms with Gasteiger partial charge in [0.05, 0.1) is 12.2 Å². The zero-order valence-electron chi connectivity index (χ0n) is 14.0. The predicted octanol–water partition coefficient (Wildman–Crippen LogP) is 1.54. The molecule has 2 aliphatic heterocycles. The number of carbonyl (C=O) groups is 1. The number of hydrogen-bond acceptors (Lipinski definition) is 4. The van der Waals surface area contributed by atoms with Crippen molar-refractivity contribution in [3.05, 3.63) is 29.3 Å². The third-order valence-corrected chi connectivity index (χ3v) is 4.75. The van der Waals surface area contributed by atoms with E-state index in [9.17, 15) is 9.90 Å². The van der Waals surface area contributed by atoms with Gasteiger partial charge in [-0.05, 0) is 57.1 Å². The van der Waals surface area contributed by atoms with Crippen molar-refractivity contribution in [3.8, 4) is 5.75 Å². The van der Waals surface area contributed by atoms with E-state index >= 15 is 0 Å². The van der Waals surface area contributed by atoms with Crippen LogP contribution in [-0.2, 0) is 6.42 Å². The van der Waals surface area contributed by atoms with Gasteiger partial charge in [0.2, 0.25) is 0 Å². The molecule has 1 N–H and O–H groups in total. The molecule has 2 heterocycles. The summed E-state index contributed by atoms with van der Waals surface area (Å²) >= 11 is 0. The van der Waals surface area contributed by atoms with Gasteiger partial charge in [0.1, 0.15) is 5.75 Å². The van der Waals surface area contributed by atoms with E-state index in [4.69, 9.17) is 4.74 Å². The van der Waals surface area contributed by atoms with E-state index < -0.39 is 5.60 Å². The van der Waals surface area contributed by atoms with Crippen molar-refractivity contribution >= 4 is 5.91 Å². The van der Waals surface area contributed by atoms with Crippen molar-refractivity contribution in [2.45, 2.75) is 31.3 Å². The van der Waals surface area contributed by atoms with Crippen LogP contribution in [0.3, 0.4) is 0 Å². The van der Waals surface area contributed by atoms with Gasteiger partial charge in [-0.25, -0.2) is 0 Å². The molecule has 1 fully saturated rings. The first-order chi connectivity index (χ1) is 11.0. The van der Waals surface area contributed by atoms with Gasteiger partial charge >= 0.3 is 0 Å². The first-order valence-electron chi connectivity index (χ1n) is 8.39. The van der Waals surface area contributed by atoms with Crippen LogP contribution in [0.15, 0.2) is 18.2 Å². The lowest BCUT2D eigenvalue weighted by atomic mass is 9.94. The summed E-state index contributed by atoms with van der Waals surface area (Å²) in [6.07, 6.45) is 3.08. The Morgan fingerprint density at radius 1 is 1.35 bits per heavy atom. The number of rotatable bonds is 3. The molecule has 126 valence electrons. The topological polar surface area (TPSA) is 53.0 Å². The molecule has 0 spiro atoms. The van der Waals surface area contributed by atoms with E-state index in [1.165, 1.54) is 0 Å². The predicted molar refractivity (Wildman–Crippen MR) is 88.9 cm³/mol. The van der Waals surface area contributed by atoms with Crippen molar-refractivity contribution in [2.24, 2.45) is 0 Å². The second-order valence-electron chi connectivity index (χ2n) is 7.03. The summed E-state index contributed by atoms with van der Waals surface area (Å²) in [4.78, 5) is 16.7. The number of likely N-dealkylation sites (N-methyl/N-ethyl adjacent to an activating group) is 1. The van der Waals surface area contributed by atoms with Gasteiger partial charge in [-0.1, -0.05) is 0 Å². The molecule has 0 unspecified atom stereocenters. The van der Waals surface area contributed by atoms with E-state index in [1.807, 2.05) is 42.1 Å². The molecule has 5 nitrogen and oxygen atoms in total. The number of aliphatic hydroxyl groups is 1. The smallest absolute Gasteiger partial charge is 0.253 e. The van der Waals surface area contributed by atoms with Crippen molar-refractivity contribution in [2.75, 3.05) is 40.3 Å². The number of nitrogens with zero attached hydrogens (tertiary/aromatic N) is 2. The van der Waals surface area contributed by atoms with Crippen LogP contribution in [0.4, 0.5) is 0 Å². The molecule has 23 heavy (non-hydrogen) atoms. The van der Waals surface area contributed by atoms with E-state index in [2.05, 4.69) is 0 Å². The number of ether oxygens (including phenoxy) is 1. The summed E-state index contributed by atoms with van der Waals surface area (Å²) in [5, 5.41) is 10.7. The van der Waals surface area contributed by atoms with E-state index in [-0.39, 0.29) is 5.91 Å². The standard InChI is InChI=1S/C18H26N2O3/c1-19(2)13-18(22)7-3-9-20(10-8-18)17(21)15-4-5-16-14(12-15)6-11-23-16/h4-5,12,22H,3,6-11,13H2,1-2H3/t18-/m0/s1. The Kier molecular flexibility index (Phi) is 4.60. The van der Waals surface area contributed by atoms with Gasteiger partial charge in [0.15, 0.2) is 0 Å². The largest absolute Gasteiger partial charge is 0.493 e. The average Bonchev–Trinajstić information content (AvgIpc) is 2.88. The normalized spacial score (nSPS) is 24.3. The molecular weight excluding hydrogens is 292 g/mol. The summed E-state index contributed by atoms with van der Waals surface area (Å²) < 4.78 is 5.50. The Morgan fingerprint density at radius 3 is 2.96 bits per heavy atom. The third kappa shape index (κ3) is 3.67. The maximum atomic E-state index is 12.8. The molecule has 1 saturated heterocycles. The molecule has 1 amide bonds. The number of carbonyl (C=O) groups excluding carboxylic acids is 1. The molecule has 0 aromatic heterocycles. The highest BCUT2D eigenvalue weighted by atomic mass is 16.5. The molecule has 1 aromatic rings. The summed E-state index contributed by atoms with van der Waals surface area (Å²) in [5.41, 5.74) is 1.16. The Balaban J connectivity index is 1.68. The second-order valence-corrected chi connectivity index (χ2v) is 7.03. The molecular formula is C18H26N2O3. The summed E-state index contributed by atoms with van der Waals surface area (Å²) in [6.45, 7) is 2.67. The van der Waals surface area contributed by atoms with E-state index in [1.54, 1.807) is 0 Å². The lowest BCUT2D eigenvalue weighted by molar-refractivity contribution is 0.00305. The van der Waals surface area contributed by atoms with Crippen LogP contribution in [0.2, 0.25) is 0 Å². The minimum Gasteiger partial charge on any atom is -0.493 e. The zero-order chi connectivity index (χ0) is 16.4. The first-order valence-corrected chi connectivity index (χ1v) is 8.39. The Bertz CT molecular complexity index is 588. The summed E-state index contributed by atoms with van der Waals surface area (Å²) in [5.74, 6) is 0.964. The average molecular weight is 318 g/mol. The zero-order valence-corrected chi connectivity index (χ0v) is 14.0. The SMILES string of the molecule is CN(C)C[C@]1(O)CCCN(C(=O)c2ccc3c(c2)CCO3)CC1. The van der Waals surface area contributed by atoms with Crippen LogP contribution < -0.4 is 4.74 Å². The van der Waals surface area contributed by atoms with Gasteiger partial charge in [0.25, 0.3) is 5.91 Å². The van der Waals surface area contributed by atoms with Gasteiger partial charge in [-0.15, -0.1) is 0 Å². The highest BCUT2D eigenvalue weighted by Gasteiger charge is 2.32. The van der Waals surface area contributed by atoms with Gasteiger partial charge in [-0.2, -0.15) is 0 Å². The van der Waals surface area contributed by atoms with E-state index in [0.717, 1.165) is 36.1 Å². The lowest BCUT2D eigenvalue weighted by Gasteiger charge is -2.30. The maximum absolute atomic E-state index is 12.8. The summed E-state index contributed by atoms with van der Waals surface area (Å²) in [7, 11) is 3.94. The van der Waals surface area contributed by atoms with Gasteiger partial charge in [0, 0.05) is 31.6 Å². The first kappa shape index (κ1) is 16.3. The van der Waals surface area contributed by atoms with Crippen molar-refractivity contribution in [1.29, 1.82) is 0 Å². The van der Waals surface area contributed by atoms with Crippen molar-refractivity contribution in [1.82, 2.24) is 9.80 Å². The van der Waals surface area contributed by atoms with Crippen LogP contribution in [0.25, 0.3) is 0 Å². The minimum absolute atomic E-state index is 0.0637. The van der Waals surface area contributed by atoms with Crippen LogP contribution >= 0.6 is 0 Å². The Hall–Kier alpha value is -1.59. The van der Waals surface area contributed by atoms with Gasteiger partial charge in [-0.3, -0.25) is 4.79 Å². The van der Waals surface area contributed by atoms with Crippen molar-refractivity contribution < 1.29 is 14.6 Å².